The van der Waals surface area contributed by atoms with E-state index >= 15 is 0 Å². The van der Waals surface area contributed by atoms with E-state index < -0.39 is 0 Å². The molecule has 0 heterocycles. The monoisotopic (exact) mass is 299 g/mol. The van der Waals surface area contributed by atoms with Crippen LogP contribution in [-0.2, 0) is 4.74 Å². The normalized spacial score (nSPS) is 13.3. The lowest BCUT2D eigenvalue weighted by Crippen LogP contribution is -2.44. The van der Waals surface area contributed by atoms with Crippen LogP contribution in [0.3, 0.4) is 0 Å². The molecule has 3 nitrogen and oxygen atoms in total. The maximum absolute atomic E-state index is 6.11. The van der Waals surface area contributed by atoms with Crippen LogP contribution in [0.2, 0.25) is 5.02 Å². The molecule has 0 aliphatic heterocycles. The molecule has 0 bridgehead atoms. The number of benzene rings is 1. The zero-order valence-corrected chi connectivity index (χ0v) is 13.9. The molecule has 1 rings (SSSR count). The number of rotatable bonds is 8. The maximum atomic E-state index is 6.11. The fourth-order valence-electron chi connectivity index (χ4n) is 2.82. The Kier molecular flexibility index (Phi) is 6.80. The van der Waals surface area contributed by atoms with Gasteiger partial charge in [0.1, 0.15) is 5.75 Å². The Bertz CT molecular complexity index is 419. The van der Waals surface area contributed by atoms with Crippen LogP contribution in [0, 0.1) is 0 Å². The largest absolute Gasteiger partial charge is 0.495 e. The third kappa shape index (κ3) is 3.46. The first kappa shape index (κ1) is 17.3. The van der Waals surface area contributed by atoms with E-state index in [0.717, 1.165) is 18.4 Å². The Morgan fingerprint density at radius 2 is 1.90 bits per heavy atom. The van der Waals surface area contributed by atoms with Gasteiger partial charge in [0.15, 0.2) is 0 Å². The lowest BCUT2D eigenvalue weighted by Gasteiger charge is -2.39. The van der Waals surface area contributed by atoms with Crippen LogP contribution in [0.1, 0.15) is 45.2 Å². The van der Waals surface area contributed by atoms with E-state index in [4.69, 9.17) is 21.1 Å². The quantitative estimate of drug-likeness (QED) is 0.780. The highest BCUT2D eigenvalue weighted by Gasteiger charge is 2.36. The van der Waals surface area contributed by atoms with Crippen LogP contribution in [-0.4, -0.2) is 26.4 Å². The summed E-state index contributed by atoms with van der Waals surface area (Å²) in [6.45, 7) is 7.06. The molecule has 0 amide bonds. The fourth-order valence-corrected chi connectivity index (χ4v) is 3.02. The number of methoxy groups -OCH3 is 1. The molecule has 114 valence electrons. The lowest BCUT2D eigenvalue weighted by molar-refractivity contribution is -0.0718. The topological polar surface area (TPSA) is 30.5 Å². The lowest BCUT2D eigenvalue weighted by atomic mass is 9.83. The van der Waals surface area contributed by atoms with Crippen LogP contribution < -0.4 is 10.1 Å². The van der Waals surface area contributed by atoms with Crippen LogP contribution >= 0.6 is 11.6 Å². The highest BCUT2D eigenvalue weighted by Crippen LogP contribution is 2.37. The summed E-state index contributed by atoms with van der Waals surface area (Å²) in [5.74, 6) is 0.696. The van der Waals surface area contributed by atoms with E-state index in [2.05, 4.69) is 19.2 Å². The molecule has 0 radical (unpaired) electrons. The summed E-state index contributed by atoms with van der Waals surface area (Å²) in [4.78, 5) is 0. The number of halogens is 1. The molecule has 0 aliphatic carbocycles. The van der Waals surface area contributed by atoms with Crippen LogP contribution in [0.5, 0.6) is 5.75 Å². The smallest absolute Gasteiger partial charge is 0.137 e. The van der Waals surface area contributed by atoms with Gasteiger partial charge < -0.3 is 14.8 Å². The highest BCUT2D eigenvalue weighted by molar-refractivity contribution is 6.32. The fraction of sp³-hybridized carbons (Fsp3) is 0.625. The Balaban J connectivity index is 3.22. The van der Waals surface area contributed by atoms with Crippen molar-refractivity contribution in [3.63, 3.8) is 0 Å². The van der Waals surface area contributed by atoms with Gasteiger partial charge in [-0.2, -0.15) is 0 Å². The molecular weight excluding hydrogens is 274 g/mol. The summed E-state index contributed by atoms with van der Waals surface area (Å²) in [7, 11) is 3.60. The minimum Gasteiger partial charge on any atom is -0.495 e. The van der Waals surface area contributed by atoms with E-state index in [1.807, 2.05) is 32.2 Å². The van der Waals surface area contributed by atoms with E-state index in [-0.39, 0.29) is 11.6 Å². The van der Waals surface area contributed by atoms with Gasteiger partial charge in [0.2, 0.25) is 0 Å². The first-order chi connectivity index (χ1) is 9.58. The molecule has 1 atom stereocenters. The van der Waals surface area contributed by atoms with E-state index in [0.29, 0.717) is 17.4 Å². The zero-order chi connectivity index (χ0) is 15.2. The molecule has 0 saturated heterocycles. The first-order valence-corrected chi connectivity index (χ1v) is 7.60. The van der Waals surface area contributed by atoms with Crippen molar-refractivity contribution in [2.24, 2.45) is 0 Å². The van der Waals surface area contributed by atoms with Crippen molar-refractivity contribution in [2.45, 2.75) is 45.3 Å². The molecule has 1 aromatic carbocycles. The SMILES string of the molecule is CCOC(CC)(CC)C(NC)c1ccc(Cl)c(OC)c1. The molecule has 0 fully saturated rings. The van der Waals surface area contributed by atoms with Gasteiger partial charge in [-0.1, -0.05) is 31.5 Å². The van der Waals surface area contributed by atoms with Crippen LogP contribution in [0.25, 0.3) is 0 Å². The Morgan fingerprint density at radius 1 is 1.25 bits per heavy atom. The minimum absolute atomic E-state index is 0.101. The zero-order valence-electron chi connectivity index (χ0n) is 13.1. The van der Waals surface area contributed by atoms with Gasteiger partial charge in [-0.05, 0) is 44.5 Å². The van der Waals surface area contributed by atoms with Crippen molar-refractivity contribution in [1.82, 2.24) is 5.32 Å². The number of likely N-dealkylation sites (N-methyl/N-ethyl adjacent to an activating group) is 1. The maximum Gasteiger partial charge on any atom is 0.137 e. The summed E-state index contributed by atoms with van der Waals surface area (Å²) in [6, 6.07) is 6.00. The Hall–Kier alpha value is -0.770. The van der Waals surface area contributed by atoms with Crippen molar-refractivity contribution < 1.29 is 9.47 Å². The second-order valence-electron chi connectivity index (χ2n) is 4.82. The second-order valence-corrected chi connectivity index (χ2v) is 5.23. The van der Waals surface area contributed by atoms with Gasteiger partial charge >= 0.3 is 0 Å². The van der Waals surface area contributed by atoms with Gasteiger partial charge in [-0.3, -0.25) is 0 Å². The van der Waals surface area contributed by atoms with E-state index in [9.17, 15) is 0 Å². The van der Waals surface area contributed by atoms with Gasteiger partial charge in [0.05, 0.1) is 23.8 Å². The first-order valence-electron chi connectivity index (χ1n) is 7.23. The van der Waals surface area contributed by atoms with Gasteiger partial charge in [0.25, 0.3) is 0 Å². The van der Waals surface area contributed by atoms with Gasteiger partial charge in [0, 0.05) is 6.61 Å². The van der Waals surface area contributed by atoms with Gasteiger partial charge in [-0.15, -0.1) is 0 Å². The Morgan fingerprint density at radius 3 is 2.35 bits per heavy atom. The van der Waals surface area contributed by atoms with Gasteiger partial charge in [-0.25, -0.2) is 0 Å². The molecule has 1 aromatic rings. The molecule has 1 N–H and O–H groups in total. The third-order valence-electron chi connectivity index (χ3n) is 3.95. The molecule has 0 saturated carbocycles. The second kappa shape index (κ2) is 7.87. The highest BCUT2D eigenvalue weighted by atomic mass is 35.5. The van der Waals surface area contributed by atoms with Crippen LogP contribution in [0.4, 0.5) is 0 Å². The molecular formula is C16H26ClNO2. The number of hydrogen-bond acceptors (Lipinski definition) is 3. The van der Waals surface area contributed by atoms with Crippen LogP contribution in [0.15, 0.2) is 18.2 Å². The predicted octanol–water partition coefficient (Wildman–Crippen LogP) is 4.20. The van der Waals surface area contributed by atoms with Crippen molar-refractivity contribution in [3.8, 4) is 5.75 Å². The molecule has 20 heavy (non-hydrogen) atoms. The van der Waals surface area contributed by atoms with E-state index in [1.165, 1.54) is 0 Å². The molecule has 0 spiro atoms. The summed E-state index contributed by atoms with van der Waals surface area (Å²) in [5, 5.41) is 4.02. The third-order valence-corrected chi connectivity index (χ3v) is 4.26. The number of ether oxygens (including phenoxy) is 2. The average Bonchev–Trinajstić information content (AvgIpc) is 2.48. The minimum atomic E-state index is -0.220. The standard InChI is InChI=1S/C16H26ClNO2/c1-6-16(7-2,20-8-3)15(18-4)12-9-10-13(17)14(11-12)19-5/h9-11,15,18H,6-8H2,1-5H3. The summed E-state index contributed by atoms with van der Waals surface area (Å²) in [5.41, 5.74) is 0.911. The average molecular weight is 300 g/mol. The van der Waals surface area contributed by atoms with Crippen molar-refractivity contribution in [3.05, 3.63) is 28.8 Å². The summed E-state index contributed by atoms with van der Waals surface area (Å²) < 4.78 is 11.4. The molecule has 4 heteroatoms. The Labute approximate surface area is 127 Å². The predicted molar refractivity (Wildman–Crippen MR) is 84.7 cm³/mol. The molecule has 0 aliphatic rings. The van der Waals surface area contributed by atoms with Crippen molar-refractivity contribution in [1.29, 1.82) is 0 Å². The number of nitrogens with one attached hydrogen (secondary N) is 1. The van der Waals surface area contributed by atoms with E-state index in [1.54, 1.807) is 7.11 Å². The van der Waals surface area contributed by atoms with Crippen molar-refractivity contribution >= 4 is 11.6 Å². The number of hydrogen-bond donors (Lipinski definition) is 1. The molecule has 1 unspecified atom stereocenters. The van der Waals surface area contributed by atoms with Crippen molar-refractivity contribution in [2.75, 3.05) is 20.8 Å². The summed E-state index contributed by atoms with van der Waals surface area (Å²) >= 11 is 6.11. The molecule has 0 aromatic heterocycles. The summed E-state index contributed by atoms with van der Waals surface area (Å²) in [6.07, 6.45) is 1.88.